The number of aldehydes is 2. The summed E-state index contributed by atoms with van der Waals surface area (Å²) in [5, 5.41) is 3.09. The molecule has 1 aromatic rings. The molecule has 0 aliphatic carbocycles. The Morgan fingerprint density at radius 3 is 2.20 bits per heavy atom. The van der Waals surface area contributed by atoms with E-state index in [0.717, 1.165) is 43.2 Å². The van der Waals surface area contributed by atoms with E-state index in [2.05, 4.69) is 5.32 Å². The molecule has 0 fully saturated rings. The van der Waals surface area contributed by atoms with Crippen LogP contribution in [0.15, 0.2) is 24.3 Å². The van der Waals surface area contributed by atoms with Crippen molar-refractivity contribution in [3.63, 3.8) is 0 Å². The van der Waals surface area contributed by atoms with Gasteiger partial charge in [0.05, 0.1) is 0 Å². The van der Waals surface area contributed by atoms with E-state index in [1.54, 1.807) is 12.1 Å². The van der Waals surface area contributed by atoms with Crippen molar-refractivity contribution >= 4 is 18.3 Å². The predicted octanol–water partition coefficient (Wildman–Crippen LogP) is 2.37. The van der Waals surface area contributed by atoms with Crippen molar-refractivity contribution in [2.24, 2.45) is 0 Å². The third kappa shape index (κ3) is 11.4. The van der Waals surface area contributed by atoms with Gasteiger partial charge in [-0.05, 0) is 44.1 Å². The standard InChI is InChI=1S/C8H9NO.C8H17NO/c9-8-3-1-7(2-4-8)5-6-10;1-9-7-5-3-2-4-6-8-10/h1-4,6H,5,9H2;8-9H,2-7H2,1H3. The molecule has 3 N–H and O–H groups in total. The Morgan fingerprint density at radius 2 is 1.65 bits per heavy atom. The van der Waals surface area contributed by atoms with Gasteiger partial charge in [-0.25, -0.2) is 0 Å². The van der Waals surface area contributed by atoms with E-state index in [1.807, 2.05) is 19.2 Å². The number of nitrogen functional groups attached to an aromatic ring is 1. The largest absolute Gasteiger partial charge is 0.399 e. The first-order valence-corrected chi connectivity index (χ1v) is 7.11. The zero-order valence-electron chi connectivity index (χ0n) is 12.3. The van der Waals surface area contributed by atoms with E-state index >= 15 is 0 Å². The molecular formula is C16H26N2O2. The lowest BCUT2D eigenvalue weighted by Crippen LogP contribution is -2.06. The van der Waals surface area contributed by atoms with Crippen molar-refractivity contribution in [3.05, 3.63) is 29.8 Å². The lowest BCUT2D eigenvalue weighted by atomic mass is 10.1. The van der Waals surface area contributed by atoms with Crippen molar-refractivity contribution in [3.8, 4) is 0 Å². The molecule has 0 radical (unpaired) electrons. The quantitative estimate of drug-likeness (QED) is 0.413. The number of unbranched alkanes of at least 4 members (excludes halogenated alkanes) is 4. The van der Waals surface area contributed by atoms with Crippen LogP contribution in [0.3, 0.4) is 0 Å². The summed E-state index contributed by atoms with van der Waals surface area (Å²) in [5.74, 6) is 0. The Hall–Kier alpha value is -1.68. The number of rotatable bonds is 9. The lowest BCUT2D eigenvalue weighted by Gasteiger charge is -1.97. The molecule has 1 aromatic carbocycles. The number of benzene rings is 1. The Kier molecular flexibility index (Phi) is 12.6. The van der Waals surface area contributed by atoms with E-state index in [0.29, 0.717) is 6.42 Å². The van der Waals surface area contributed by atoms with Gasteiger partial charge in [0.1, 0.15) is 12.6 Å². The first-order chi connectivity index (χ1) is 9.74. The molecule has 0 saturated heterocycles. The zero-order valence-corrected chi connectivity index (χ0v) is 12.3. The maximum atomic E-state index is 10.0. The highest BCUT2D eigenvalue weighted by Crippen LogP contribution is 2.04. The van der Waals surface area contributed by atoms with Crippen LogP contribution < -0.4 is 11.1 Å². The minimum atomic E-state index is 0.472. The first-order valence-electron chi connectivity index (χ1n) is 7.11. The summed E-state index contributed by atoms with van der Waals surface area (Å²) < 4.78 is 0. The average Bonchev–Trinajstić information content (AvgIpc) is 2.46. The fourth-order valence-electron chi connectivity index (χ4n) is 1.63. The number of carbonyl (C=O) groups is 2. The van der Waals surface area contributed by atoms with Crippen molar-refractivity contribution in [2.45, 2.75) is 38.5 Å². The van der Waals surface area contributed by atoms with Crippen LogP contribution in [-0.4, -0.2) is 26.2 Å². The molecule has 1 rings (SSSR count). The summed E-state index contributed by atoms with van der Waals surface area (Å²) in [4.78, 5) is 19.9. The normalized spacial score (nSPS) is 9.45. The molecule has 0 heterocycles. The molecule has 0 aromatic heterocycles. The molecule has 4 heteroatoms. The fraction of sp³-hybridized carbons (Fsp3) is 0.500. The van der Waals surface area contributed by atoms with Gasteiger partial charge in [-0.1, -0.05) is 25.0 Å². The zero-order chi connectivity index (χ0) is 15.1. The lowest BCUT2D eigenvalue weighted by molar-refractivity contribution is -0.108. The second-order valence-corrected chi connectivity index (χ2v) is 4.59. The number of nitrogens with one attached hydrogen (secondary N) is 1. The monoisotopic (exact) mass is 278 g/mol. The van der Waals surface area contributed by atoms with Gasteiger partial charge in [-0.3, -0.25) is 0 Å². The number of carbonyl (C=O) groups excluding carboxylic acids is 2. The summed E-state index contributed by atoms with van der Waals surface area (Å²) >= 11 is 0. The molecule has 4 nitrogen and oxygen atoms in total. The highest BCUT2D eigenvalue weighted by molar-refractivity contribution is 5.55. The number of hydrogen-bond acceptors (Lipinski definition) is 4. The van der Waals surface area contributed by atoms with E-state index in [9.17, 15) is 9.59 Å². The van der Waals surface area contributed by atoms with Gasteiger partial charge < -0.3 is 20.6 Å². The summed E-state index contributed by atoms with van der Waals surface area (Å²) in [6.07, 6.45) is 7.82. The number of nitrogens with two attached hydrogens (primary N) is 1. The molecule has 0 spiro atoms. The second-order valence-electron chi connectivity index (χ2n) is 4.59. The smallest absolute Gasteiger partial charge is 0.124 e. The maximum Gasteiger partial charge on any atom is 0.124 e. The van der Waals surface area contributed by atoms with Crippen LogP contribution in [-0.2, 0) is 16.0 Å². The van der Waals surface area contributed by atoms with Crippen molar-refractivity contribution in [1.29, 1.82) is 0 Å². The second kappa shape index (κ2) is 13.7. The van der Waals surface area contributed by atoms with Gasteiger partial charge in [0.25, 0.3) is 0 Å². The molecule has 0 unspecified atom stereocenters. The molecule has 112 valence electrons. The van der Waals surface area contributed by atoms with Crippen LogP contribution in [0, 0.1) is 0 Å². The summed E-state index contributed by atoms with van der Waals surface area (Å²) in [6.45, 7) is 1.10. The van der Waals surface area contributed by atoms with E-state index in [4.69, 9.17) is 5.73 Å². The molecule has 0 aliphatic rings. The SMILES string of the molecule is CNCCCCCCC=O.Nc1ccc(CC=O)cc1. The third-order valence-electron chi connectivity index (χ3n) is 2.80. The third-order valence-corrected chi connectivity index (χ3v) is 2.80. The predicted molar refractivity (Wildman–Crippen MR) is 83.7 cm³/mol. The maximum absolute atomic E-state index is 10.0. The van der Waals surface area contributed by atoms with Crippen LogP contribution in [0.2, 0.25) is 0 Å². The molecule has 0 bridgehead atoms. The molecule has 0 aliphatic heterocycles. The van der Waals surface area contributed by atoms with E-state index < -0.39 is 0 Å². The highest BCUT2D eigenvalue weighted by atomic mass is 16.1. The summed E-state index contributed by atoms with van der Waals surface area (Å²) in [6, 6.07) is 7.28. The minimum Gasteiger partial charge on any atom is -0.399 e. The van der Waals surface area contributed by atoms with Crippen LogP contribution in [0.25, 0.3) is 0 Å². The average molecular weight is 278 g/mol. The van der Waals surface area contributed by atoms with Gasteiger partial charge in [0.2, 0.25) is 0 Å². The van der Waals surface area contributed by atoms with Gasteiger partial charge in [0.15, 0.2) is 0 Å². The molecule has 0 amide bonds. The Morgan fingerprint density at radius 1 is 1.00 bits per heavy atom. The van der Waals surface area contributed by atoms with Gasteiger partial charge >= 0.3 is 0 Å². The highest BCUT2D eigenvalue weighted by Gasteiger charge is 1.88. The fourth-order valence-corrected chi connectivity index (χ4v) is 1.63. The first kappa shape index (κ1) is 18.3. The van der Waals surface area contributed by atoms with Gasteiger partial charge in [0, 0.05) is 18.5 Å². The number of hydrogen-bond donors (Lipinski definition) is 2. The molecular weight excluding hydrogens is 252 g/mol. The van der Waals surface area contributed by atoms with Gasteiger partial charge in [-0.2, -0.15) is 0 Å². The molecule has 0 saturated carbocycles. The van der Waals surface area contributed by atoms with Crippen LogP contribution >= 0.6 is 0 Å². The van der Waals surface area contributed by atoms with Crippen molar-refractivity contribution in [2.75, 3.05) is 19.3 Å². The molecule has 0 atom stereocenters. The van der Waals surface area contributed by atoms with E-state index in [1.165, 1.54) is 19.3 Å². The Balaban J connectivity index is 0.000000361. The summed E-state index contributed by atoms with van der Waals surface area (Å²) in [5.41, 5.74) is 7.17. The van der Waals surface area contributed by atoms with Gasteiger partial charge in [-0.15, -0.1) is 0 Å². The number of anilines is 1. The Labute approximate surface area is 121 Å². The topological polar surface area (TPSA) is 72.2 Å². The van der Waals surface area contributed by atoms with Crippen molar-refractivity contribution in [1.82, 2.24) is 5.32 Å². The van der Waals surface area contributed by atoms with Crippen LogP contribution in [0.1, 0.15) is 37.7 Å². The van der Waals surface area contributed by atoms with E-state index in [-0.39, 0.29) is 0 Å². The Bertz CT molecular complexity index is 350. The molecule has 20 heavy (non-hydrogen) atoms. The summed E-state index contributed by atoms with van der Waals surface area (Å²) in [7, 11) is 1.96. The van der Waals surface area contributed by atoms with Crippen LogP contribution in [0.5, 0.6) is 0 Å². The van der Waals surface area contributed by atoms with Crippen LogP contribution in [0.4, 0.5) is 5.69 Å². The van der Waals surface area contributed by atoms with Crippen molar-refractivity contribution < 1.29 is 9.59 Å². The minimum absolute atomic E-state index is 0.472.